The lowest BCUT2D eigenvalue weighted by Crippen LogP contribution is -2.19. The smallest absolute Gasteiger partial charge is 0.189 e. The number of hydrogen-bond acceptors (Lipinski definition) is 3. The number of benzene rings is 1. The van der Waals surface area contributed by atoms with Crippen LogP contribution in [-0.2, 0) is 11.3 Å². The lowest BCUT2D eigenvalue weighted by molar-refractivity contribution is 0.0216. The number of ether oxygens (including phenoxy) is 2. The molecule has 0 aliphatic carbocycles. The second-order valence-electron chi connectivity index (χ2n) is 5.34. The van der Waals surface area contributed by atoms with E-state index in [4.69, 9.17) is 9.47 Å². The maximum absolute atomic E-state index is 5.66. The fourth-order valence-corrected chi connectivity index (χ4v) is 2.06. The van der Waals surface area contributed by atoms with Crippen LogP contribution in [0.4, 0.5) is 0 Å². The van der Waals surface area contributed by atoms with Crippen molar-refractivity contribution in [2.24, 2.45) is 5.92 Å². The van der Waals surface area contributed by atoms with Gasteiger partial charge in [0.05, 0.1) is 0 Å². The van der Waals surface area contributed by atoms with Gasteiger partial charge in [-0.3, -0.25) is 0 Å². The standard InChI is InChI=1S/C16H27NO2/c1-6-18-11-19-16-13(4)7-15(8-14(16)5)10-17-9-12(2)3/h7-8,12,17H,6,9-11H2,1-5H3. The van der Waals surface area contributed by atoms with Crippen LogP contribution < -0.4 is 10.1 Å². The van der Waals surface area contributed by atoms with Gasteiger partial charge in [-0.2, -0.15) is 0 Å². The molecule has 0 amide bonds. The molecule has 0 saturated heterocycles. The largest absolute Gasteiger partial charge is 0.467 e. The first-order valence-corrected chi connectivity index (χ1v) is 7.06. The summed E-state index contributed by atoms with van der Waals surface area (Å²) < 4.78 is 10.9. The fourth-order valence-electron chi connectivity index (χ4n) is 2.06. The molecule has 0 heterocycles. The van der Waals surface area contributed by atoms with Gasteiger partial charge in [0.15, 0.2) is 6.79 Å². The molecule has 0 fully saturated rings. The van der Waals surface area contributed by atoms with Gasteiger partial charge >= 0.3 is 0 Å². The summed E-state index contributed by atoms with van der Waals surface area (Å²) >= 11 is 0. The van der Waals surface area contributed by atoms with E-state index in [-0.39, 0.29) is 0 Å². The van der Waals surface area contributed by atoms with Crippen molar-refractivity contribution in [2.75, 3.05) is 19.9 Å². The van der Waals surface area contributed by atoms with E-state index in [0.717, 1.165) is 18.8 Å². The second-order valence-corrected chi connectivity index (χ2v) is 5.34. The highest BCUT2D eigenvalue weighted by Gasteiger charge is 2.06. The number of aryl methyl sites for hydroxylation is 2. The molecule has 0 atom stereocenters. The van der Waals surface area contributed by atoms with E-state index >= 15 is 0 Å². The molecule has 0 saturated carbocycles. The van der Waals surface area contributed by atoms with Crippen molar-refractivity contribution >= 4 is 0 Å². The van der Waals surface area contributed by atoms with E-state index in [9.17, 15) is 0 Å². The maximum atomic E-state index is 5.66. The molecule has 1 aromatic rings. The molecular formula is C16H27NO2. The first-order valence-electron chi connectivity index (χ1n) is 7.06. The van der Waals surface area contributed by atoms with Crippen LogP contribution in [0.3, 0.4) is 0 Å². The van der Waals surface area contributed by atoms with Crippen molar-refractivity contribution in [3.05, 3.63) is 28.8 Å². The van der Waals surface area contributed by atoms with Crippen LogP contribution in [0.1, 0.15) is 37.5 Å². The molecule has 0 aliphatic heterocycles. The minimum atomic E-state index is 0.323. The second kappa shape index (κ2) is 8.18. The lowest BCUT2D eigenvalue weighted by Gasteiger charge is -2.14. The molecule has 3 nitrogen and oxygen atoms in total. The monoisotopic (exact) mass is 265 g/mol. The molecule has 1 rings (SSSR count). The van der Waals surface area contributed by atoms with Crippen molar-refractivity contribution in [2.45, 2.75) is 41.2 Å². The Kier molecular flexibility index (Phi) is 6.89. The summed E-state index contributed by atoms with van der Waals surface area (Å²) in [6.45, 7) is 13.5. The van der Waals surface area contributed by atoms with Crippen LogP contribution >= 0.6 is 0 Å². The Labute approximate surface area is 117 Å². The summed E-state index contributed by atoms with van der Waals surface area (Å²) in [5.41, 5.74) is 3.64. The zero-order valence-corrected chi connectivity index (χ0v) is 12.9. The van der Waals surface area contributed by atoms with Crippen LogP contribution in [0.15, 0.2) is 12.1 Å². The Balaban J connectivity index is 2.62. The van der Waals surface area contributed by atoms with E-state index in [1.54, 1.807) is 0 Å². The summed E-state index contributed by atoms with van der Waals surface area (Å²) in [6.07, 6.45) is 0. The fraction of sp³-hybridized carbons (Fsp3) is 0.625. The highest BCUT2D eigenvalue weighted by Crippen LogP contribution is 2.24. The molecule has 0 radical (unpaired) electrons. The number of rotatable bonds is 8. The molecule has 0 spiro atoms. The van der Waals surface area contributed by atoms with Crippen molar-refractivity contribution in [1.29, 1.82) is 0 Å². The van der Waals surface area contributed by atoms with Gasteiger partial charge in [-0.05, 0) is 49.9 Å². The van der Waals surface area contributed by atoms with Gasteiger partial charge in [-0.25, -0.2) is 0 Å². The average Bonchev–Trinajstić information content (AvgIpc) is 2.32. The molecule has 3 heteroatoms. The third-order valence-electron chi connectivity index (χ3n) is 2.89. The van der Waals surface area contributed by atoms with Gasteiger partial charge in [0.2, 0.25) is 0 Å². The van der Waals surface area contributed by atoms with Crippen LogP contribution in [0.25, 0.3) is 0 Å². The molecular weight excluding hydrogens is 238 g/mol. The maximum Gasteiger partial charge on any atom is 0.189 e. The molecule has 0 unspecified atom stereocenters. The van der Waals surface area contributed by atoms with E-state index < -0.39 is 0 Å². The van der Waals surface area contributed by atoms with Crippen molar-refractivity contribution < 1.29 is 9.47 Å². The first kappa shape index (κ1) is 16.0. The number of hydrogen-bond donors (Lipinski definition) is 1. The predicted molar refractivity (Wildman–Crippen MR) is 79.6 cm³/mol. The summed E-state index contributed by atoms with van der Waals surface area (Å²) in [7, 11) is 0. The summed E-state index contributed by atoms with van der Waals surface area (Å²) in [4.78, 5) is 0. The van der Waals surface area contributed by atoms with Crippen LogP contribution in [0.2, 0.25) is 0 Å². The molecule has 0 bridgehead atoms. The predicted octanol–water partition coefficient (Wildman–Crippen LogP) is 3.42. The third-order valence-corrected chi connectivity index (χ3v) is 2.89. The van der Waals surface area contributed by atoms with Crippen LogP contribution in [-0.4, -0.2) is 19.9 Å². The summed E-state index contributed by atoms with van der Waals surface area (Å²) in [6, 6.07) is 4.36. The molecule has 1 N–H and O–H groups in total. The third kappa shape index (κ3) is 5.62. The SMILES string of the molecule is CCOCOc1c(C)cc(CNCC(C)C)cc1C. The zero-order chi connectivity index (χ0) is 14.3. The Bertz CT molecular complexity index is 365. The van der Waals surface area contributed by atoms with Crippen molar-refractivity contribution in [3.63, 3.8) is 0 Å². The molecule has 0 aliphatic rings. The van der Waals surface area contributed by atoms with Crippen LogP contribution in [0, 0.1) is 19.8 Å². The van der Waals surface area contributed by atoms with Gasteiger partial charge in [0.1, 0.15) is 5.75 Å². The van der Waals surface area contributed by atoms with E-state index in [1.165, 1.54) is 16.7 Å². The van der Waals surface area contributed by atoms with Gasteiger partial charge < -0.3 is 14.8 Å². The molecule has 19 heavy (non-hydrogen) atoms. The normalized spacial score (nSPS) is 11.1. The van der Waals surface area contributed by atoms with Gasteiger partial charge in [-0.1, -0.05) is 26.0 Å². The molecule has 1 aromatic carbocycles. The van der Waals surface area contributed by atoms with Crippen molar-refractivity contribution in [3.8, 4) is 5.75 Å². The van der Waals surface area contributed by atoms with Gasteiger partial charge in [0.25, 0.3) is 0 Å². The van der Waals surface area contributed by atoms with Crippen LogP contribution in [0.5, 0.6) is 5.75 Å². The lowest BCUT2D eigenvalue weighted by atomic mass is 10.1. The summed E-state index contributed by atoms with van der Waals surface area (Å²) in [5, 5.41) is 3.46. The Hall–Kier alpha value is -1.06. The zero-order valence-electron chi connectivity index (χ0n) is 12.9. The number of nitrogens with one attached hydrogen (secondary N) is 1. The average molecular weight is 265 g/mol. The summed E-state index contributed by atoms with van der Waals surface area (Å²) in [5.74, 6) is 1.62. The Morgan fingerprint density at radius 3 is 2.32 bits per heavy atom. The minimum Gasteiger partial charge on any atom is -0.467 e. The highest BCUT2D eigenvalue weighted by molar-refractivity contribution is 5.43. The van der Waals surface area contributed by atoms with E-state index in [0.29, 0.717) is 19.3 Å². The highest BCUT2D eigenvalue weighted by atomic mass is 16.7. The van der Waals surface area contributed by atoms with E-state index in [2.05, 4.69) is 45.1 Å². The Morgan fingerprint density at radius 2 is 1.79 bits per heavy atom. The van der Waals surface area contributed by atoms with Crippen molar-refractivity contribution in [1.82, 2.24) is 5.32 Å². The van der Waals surface area contributed by atoms with Gasteiger partial charge in [0, 0.05) is 13.2 Å². The minimum absolute atomic E-state index is 0.323. The van der Waals surface area contributed by atoms with Gasteiger partial charge in [-0.15, -0.1) is 0 Å². The molecule has 0 aromatic heterocycles. The Morgan fingerprint density at radius 1 is 1.16 bits per heavy atom. The van der Waals surface area contributed by atoms with E-state index in [1.807, 2.05) is 6.92 Å². The topological polar surface area (TPSA) is 30.5 Å². The molecule has 108 valence electrons. The first-order chi connectivity index (χ1) is 9.04. The quantitative estimate of drug-likeness (QED) is 0.577.